The minimum absolute atomic E-state index is 0.230. The lowest BCUT2D eigenvalue weighted by Crippen LogP contribution is -2.24. The lowest BCUT2D eigenvalue weighted by Gasteiger charge is -2.05. The standard InChI is InChI=1S/C8H11N3O/c1-6-3-4-10-5-7(6)11-8(12)9-2/h3-5H,1-2H3,(H2,9,11,12). The van der Waals surface area contributed by atoms with Crippen molar-refractivity contribution in [3.8, 4) is 0 Å². The third-order valence-electron chi connectivity index (χ3n) is 1.51. The molecule has 1 aromatic rings. The molecule has 0 atom stereocenters. The first-order valence-electron chi connectivity index (χ1n) is 3.63. The Kier molecular flexibility index (Phi) is 2.63. The van der Waals surface area contributed by atoms with Gasteiger partial charge in [-0.05, 0) is 18.6 Å². The number of aromatic nitrogens is 1. The minimum atomic E-state index is -0.230. The first kappa shape index (κ1) is 8.52. The van der Waals surface area contributed by atoms with Gasteiger partial charge in [0.25, 0.3) is 0 Å². The van der Waals surface area contributed by atoms with Crippen LogP contribution in [0.3, 0.4) is 0 Å². The van der Waals surface area contributed by atoms with E-state index in [0.29, 0.717) is 0 Å². The maximum absolute atomic E-state index is 10.9. The Morgan fingerprint density at radius 3 is 2.92 bits per heavy atom. The fourth-order valence-corrected chi connectivity index (χ4v) is 0.780. The largest absolute Gasteiger partial charge is 0.341 e. The molecular formula is C8H11N3O. The highest BCUT2D eigenvalue weighted by molar-refractivity contribution is 5.89. The highest BCUT2D eigenvalue weighted by Crippen LogP contribution is 2.10. The molecule has 12 heavy (non-hydrogen) atoms. The topological polar surface area (TPSA) is 54.0 Å². The summed E-state index contributed by atoms with van der Waals surface area (Å²) >= 11 is 0. The van der Waals surface area contributed by atoms with Gasteiger partial charge in [0.1, 0.15) is 0 Å². The van der Waals surface area contributed by atoms with Crippen LogP contribution in [0.4, 0.5) is 10.5 Å². The Morgan fingerprint density at radius 2 is 2.33 bits per heavy atom. The number of carbonyl (C=O) groups excluding carboxylic acids is 1. The van der Waals surface area contributed by atoms with E-state index in [2.05, 4.69) is 15.6 Å². The second-order valence-corrected chi connectivity index (χ2v) is 2.39. The maximum Gasteiger partial charge on any atom is 0.319 e. The summed E-state index contributed by atoms with van der Waals surface area (Å²) in [5, 5.41) is 5.11. The molecule has 2 N–H and O–H groups in total. The van der Waals surface area contributed by atoms with Gasteiger partial charge in [0.2, 0.25) is 0 Å². The van der Waals surface area contributed by atoms with Crippen molar-refractivity contribution in [1.82, 2.24) is 10.3 Å². The number of urea groups is 1. The molecule has 0 unspecified atom stereocenters. The van der Waals surface area contributed by atoms with Crippen molar-refractivity contribution >= 4 is 11.7 Å². The van der Waals surface area contributed by atoms with E-state index in [1.54, 1.807) is 19.4 Å². The highest BCUT2D eigenvalue weighted by atomic mass is 16.2. The Balaban J connectivity index is 2.75. The number of rotatable bonds is 1. The first-order chi connectivity index (χ1) is 5.74. The molecule has 4 heteroatoms. The Labute approximate surface area is 71.0 Å². The van der Waals surface area contributed by atoms with E-state index in [4.69, 9.17) is 0 Å². The Hall–Kier alpha value is -1.58. The van der Waals surface area contributed by atoms with Gasteiger partial charge in [-0.3, -0.25) is 4.98 Å². The van der Waals surface area contributed by atoms with Gasteiger partial charge in [-0.25, -0.2) is 4.79 Å². The zero-order valence-corrected chi connectivity index (χ0v) is 7.09. The third-order valence-corrected chi connectivity index (χ3v) is 1.51. The number of nitrogens with zero attached hydrogens (tertiary/aromatic N) is 1. The Morgan fingerprint density at radius 1 is 1.58 bits per heavy atom. The molecule has 0 aromatic carbocycles. The second-order valence-electron chi connectivity index (χ2n) is 2.39. The van der Waals surface area contributed by atoms with Gasteiger partial charge in [0.05, 0.1) is 11.9 Å². The number of nitrogens with one attached hydrogen (secondary N) is 2. The van der Waals surface area contributed by atoms with Crippen LogP contribution in [0.1, 0.15) is 5.56 Å². The summed E-state index contributed by atoms with van der Waals surface area (Å²) in [6.45, 7) is 1.91. The molecule has 64 valence electrons. The summed E-state index contributed by atoms with van der Waals surface area (Å²) in [4.78, 5) is 14.8. The van der Waals surface area contributed by atoms with Gasteiger partial charge in [-0.2, -0.15) is 0 Å². The SMILES string of the molecule is CNC(=O)Nc1cnccc1C. The van der Waals surface area contributed by atoms with Crippen LogP contribution in [0.25, 0.3) is 0 Å². The fourth-order valence-electron chi connectivity index (χ4n) is 0.780. The molecule has 0 bridgehead atoms. The van der Waals surface area contributed by atoms with Gasteiger partial charge in [0.15, 0.2) is 0 Å². The molecule has 1 aromatic heterocycles. The van der Waals surface area contributed by atoms with E-state index in [1.807, 2.05) is 13.0 Å². The van der Waals surface area contributed by atoms with Gasteiger partial charge in [0, 0.05) is 13.2 Å². The molecule has 0 saturated carbocycles. The second kappa shape index (κ2) is 3.71. The van der Waals surface area contributed by atoms with Crippen LogP contribution >= 0.6 is 0 Å². The first-order valence-corrected chi connectivity index (χ1v) is 3.63. The maximum atomic E-state index is 10.9. The molecule has 0 fully saturated rings. The van der Waals surface area contributed by atoms with Crippen LogP contribution in [0.2, 0.25) is 0 Å². The minimum Gasteiger partial charge on any atom is -0.341 e. The average molecular weight is 165 g/mol. The Bertz CT molecular complexity index is 285. The summed E-state index contributed by atoms with van der Waals surface area (Å²) in [7, 11) is 1.57. The van der Waals surface area contributed by atoms with Gasteiger partial charge in [-0.15, -0.1) is 0 Å². The van der Waals surface area contributed by atoms with Crippen LogP contribution in [0.5, 0.6) is 0 Å². The van der Waals surface area contributed by atoms with E-state index in [0.717, 1.165) is 11.3 Å². The van der Waals surface area contributed by atoms with Crippen LogP contribution in [0.15, 0.2) is 18.5 Å². The molecule has 1 heterocycles. The van der Waals surface area contributed by atoms with Gasteiger partial charge >= 0.3 is 6.03 Å². The normalized spacial score (nSPS) is 9.17. The van der Waals surface area contributed by atoms with Crippen molar-refractivity contribution in [2.75, 3.05) is 12.4 Å². The average Bonchev–Trinajstić information content (AvgIpc) is 2.09. The number of amides is 2. The quantitative estimate of drug-likeness (QED) is 0.655. The predicted molar refractivity (Wildman–Crippen MR) is 47.1 cm³/mol. The van der Waals surface area contributed by atoms with E-state index < -0.39 is 0 Å². The highest BCUT2D eigenvalue weighted by Gasteiger charge is 2.00. The van der Waals surface area contributed by atoms with Crippen molar-refractivity contribution in [2.45, 2.75) is 6.92 Å². The molecule has 0 aliphatic heterocycles. The number of hydrogen-bond acceptors (Lipinski definition) is 2. The summed E-state index contributed by atoms with van der Waals surface area (Å²) in [5.41, 5.74) is 1.73. The fraction of sp³-hybridized carbons (Fsp3) is 0.250. The van der Waals surface area contributed by atoms with Crippen molar-refractivity contribution < 1.29 is 4.79 Å². The van der Waals surface area contributed by atoms with Crippen LogP contribution < -0.4 is 10.6 Å². The molecule has 2 amide bonds. The molecule has 0 spiro atoms. The van der Waals surface area contributed by atoms with E-state index >= 15 is 0 Å². The number of carbonyl (C=O) groups is 1. The monoisotopic (exact) mass is 165 g/mol. The van der Waals surface area contributed by atoms with Crippen LogP contribution in [-0.2, 0) is 0 Å². The smallest absolute Gasteiger partial charge is 0.319 e. The third kappa shape index (κ3) is 1.95. The summed E-state index contributed by atoms with van der Waals surface area (Å²) < 4.78 is 0. The molecule has 0 aliphatic rings. The number of pyridine rings is 1. The molecule has 0 radical (unpaired) electrons. The predicted octanol–water partition coefficient (Wildman–Crippen LogP) is 1.14. The van der Waals surface area contributed by atoms with Crippen molar-refractivity contribution in [2.24, 2.45) is 0 Å². The van der Waals surface area contributed by atoms with Gasteiger partial charge in [-0.1, -0.05) is 0 Å². The number of anilines is 1. The van der Waals surface area contributed by atoms with E-state index in [1.165, 1.54) is 0 Å². The number of hydrogen-bond donors (Lipinski definition) is 2. The molecule has 4 nitrogen and oxygen atoms in total. The molecule has 1 rings (SSSR count). The van der Waals surface area contributed by atoms with E-state index in [-0.39, 0.29) is 6.03 Å². The summed E-state index contributed by atoms with van der Waals surface area (Å²) in [6.07, 6.45) is 3.30. The molecular weight excluding hydrogens is 154 g/mol. The van der Waals surface area contributed by atoms with Crippen molar-refractivity contribution in [3.05, 3.63) is 24.0 Å². The zero-order chi connectivity index (χ0) is 8.97. The summed E-state index contributed by atoms with van der Waals surface area (Å²) in [6, 6.07) is 1.61. The lowest BCUT2D eigenvalue weighted by molar-refractivity contribution is 0.254. The molecule has 0 saturated heterocycles. The summed E-state index contributed by atoms with van der Waals surface area (Å²) in [5.74, 6) is 0. The van der Waals surface area contributed by atoms with Crippen LogP contribution in [0, 0.1) is 6.92 Å². The van der Waals surface area contributed by atoms with Crippen LogP contribution in [-0.4, -0.2) is 18.1 Å². The number of aryl methyl sites for hydroxylation is 1. The van der Waals surface area contributed by atoms with Crippen molar-refractivity contribution in [3.63, 3.8) is 0 Å². The van der Waals surface area contributed by atoms with E-state index in [9.17, 15) is 4.79 Å². The van der Waals surface area contributed by atoms with Crippen molar-refractivity contribution in [1.29, 1.82) is 0 Å². The van der Waals surface area contributed by atoms with Gasteiger partial charge < -0.3 is 10.6 Å². The lowest BCUT2D eigenvalue weighted by atomic mass is 10.2. The molecule has 0 aliphatic carbocycles. The zero-order valence-electron chi connectivity index (χ0n) is 7.09.